The number of ether oxygens (including phenoxy) is 3. The van der Waals surface area contributed by atoms with Gasteiger partial charge in [-0.1, -0.05) is 12.2 Å². The molecular formula is C11H18O3. The first-order valence-corrected chi connectivity index (χ1v) is 5.27. The van der Waals surface area contributed by atoms with Gasteiger partial charge in [0.1, 0.15) is 6.10 Å². The van der Waals surface area contributed by atoms with Gasteiger partial charge in [0.2, 0.25) is 0 Å². The lowest BCUT2D eigenvalue weighted by molar-refractivity contribution is -0.188. The molecule has 0 aromatic carbocycles. The SMILES string of the molecule is CO[C@H]1COCC[C@]12CCC=CCO2. The Kier molecular flexibility index (Phi) is 3.21. The Morgan fingerprint density at radius 3 is 3.14 bits per heavy atom. The van der Waals surface area contributed by atoms with Crippen LogP contribution < -0.4 is 0 Å². The Hall–Kier alpha value is -0.380. The predicted molar refractivity (Wildman–Crippen MR) is 53.3 cm³/mol. The minimum absolute atomic E-state index is 0.0937. The van der Waals surface area contributed by atoms with E-state index in [1.54, 1.807) is 7.11 Å². The van der Waals surface area contributed by atoms with Crippen LogP contribution in [-0.2, 0) is 14.2 Å². The van der Waals surface area contributed by atoms with Crippen molar-refractivity contribution in [3.05, 3.63) is 12.2 Å². The molecule has 3 heteroatoms. The topological polar surface area (TPSA) is 27.7 Å². The summed E-state index contributed by atoms with van der Waals surface area (Å²) in [4.78, 5) is 0. The van der Waals surface area contributed by atoms with Crippen molar-refractivity contribution in [1.82, 2.24) is 0 Å². The van der Waals surface area contributed by atoms with Gasteiger partial charge in [-0.15, -0.1) is 0 Å². The first kappa shape index (κ1) is 10.1. The van der Waals surface area contributed by atoms with Crippen LogP contribution in [0.5, 0.6) is 0 Å². The molecular weight excluding hydrogens is 180 g/mol. The van der Waals surface area contributed by atoms with Crippen molar-refractivity contribution >= 4 is 0 Å². The van der Waals surface area contributed by atoms with Crippen molar-refractivity contribution in [3.63, 3.8) is 0 Å². The second-order valence-electron chi connectivity index (χ2n) is 3.94. The first-order valence-electron chi connectivity index (χ1n) is 5.27. The molecule has 1 saturated heterocycles. The first-order chi connectivity index (χ1) is 6.87. The third kappa shape index (κ3) is 1.85. The summed E-state index contributed by atoms with van der Waals surface area (Å²) in [6.07, 6.45) is 7.46. The van der Waals surface area contributed by atoms with E-state index in [4.69, 9.17) is 14.2 Å². The van der Waals surface area contributed by atoms with E-state index in [1.807, 2.05) is 0 Å². The molecule has 0 N–H and O–H groups in total. The average molecular weight is 198 g/mol. The van der Waals surface area contributed by atoms with Gasteiger partial charge in [-0.25, -0.2) is 0 Å². The Morgan fingerprint density at radius 2 is 2.29 bits per heavy atom. The average Bonchev–Trinajstić information content (AvgIpc) is 2.45. The molecule has 0 aliphatic carbocycles. The zero-order valence-corrected chi connectivity index (χ0v) is 8.70. The zero-order chi connectivity index (χ0) is 9.86. The van der Waals surface area contributed by atoms with Crippen molar-refractivity contribution in [2.24, 2.45) is 0 Å². The van der Waals surface area contributed by atoms with Crippen LogP contribution in [-0.4, -0.2) is 38.6 Å². The van der Waals surface area contributed by atoms with Crippen molar-refractivity contribution < 1.29 is 14.2 Å². The van der Waals surface area contributed by atoms with Crippen LogP contribution in [0.4, 0.5) is 0 Å². The monoisotopic (exact) mass is 198 g/mol. The second-order valence-corrected chi connectivity index (χ2v) is 3.94. The molecule has 3 nitrogen and oxygen atoms in total. The molecule has 1 spiro atoms. The number of rotatable bonds is 1. The van der Waals surface area contributed by atoms with Gasteiger partial charge in [0.25, 0.3) is 0 Å². The maximum atomic E-state index is 5.94. The maximum absolute atomic E-state index is 5.94. The quantitative estimate of drug-likeness (QED) is 0.598. The fourth-order valence-corrected chi connectivity index (χ4v) is 2.28. The van der Waals surface area contributed by atoms with E-state index in [9.17, 15) is 0 Å². The molecule has 14 heavy (non-hydrogen) atoms. The Bertz CT molecular complexity index is 203. The normalized spacial score (nSPS) is 38.5. The predicted octanol–water partition coefficient (Wildman–Crippen LogP) is 1.53. The van der Waals surface area contributed by atoms with E-state index < -0.39 is 0 Å². The van der Waals surface area contributed by atoms with E-state index in [0.29, 0.717) is 13.2 Å². The molecule has 1 fully saturated rings. The molecule has 0 saturated carbocycles. The Labute approximate surface area is 85.0 Å². The van der Waals surface area contributed by atoms with Gasteiger partial charge in [0.05, 0.1) is 18.8 Å². The van der Waals surface area contributed by atoms with Gasteiger partial charge in [-0.3, -0.25) is 0 Å². The molecule has 0 aromatic rings. The summed E-state index contributed by atoms with van der Waals surface area (Å²) in [5, 5.41) is 0. The molecule has 2 heterocycles. The molecule has 2 aliphatic rings. The highest BCUT2D eigenvalue weighted by atomic mass is 16.6. The van der Waals surface area contributed by atoms with E-state index in [0.717, 1.165) is 25.9 Å². The summed E-state index contributed by atoms with van der Waals surface area (Å²) in [6, 6.07) is 0. The van der Waals surface area contributed by atoms with Crippen LogP contribution in [0, 0.1) is 0 Å². The highest BCUT2D eigenvalue weighted by Gasteiger charge is 2.42. The largest absolute Gasteiger partial charge is 0.379 e. The van der Waals surface area contributed by atoms with Crippen LogP contribution in [0.25, 0.3) is 0 Å². The smallest absolute Gasteiger partial charge is 0.109 e. The number of hydrogen-bond acceptors (Lipinski definition) is 3. The Morgan fingerprint density at radius 1 is 1.36 bits per heavy atom. The number of hydrogen-bond donors (Lipinski definition) is 0. The van der Waals surface area contributed by atoms with Gasteiger partial charge in [-0.2, -0.15) is 0 Å². The molecule has 2 atom stereocenters. The summed E-state index contributed by atoms with van der Waals surface area (Å²) in [6.45, 7) is 2.16. The second kappa shape index (κ2) is 4.43. The lowest BCUT2D eigenvalue weighted by atomic mass is 9.86. The molecule has 0 radical (unpaired) electrons. The van der Waals surface area contributed by atoms with E-state index in [-0.39, 0.29) is 11.7 Å². The van der Waals surface area contributed by atoms with E-state index >= 15 is 0 Å². The fraction of sp³-hybridized carbons (Fsp3) is 0.818. The molecule has 2 rings (SSSR count). The standard InChI is InChI=1S/C11H18O3/c1-12-10-9-13-8-6-11(10)5-3-2-4-7-14-11/h2,4,10H,3,5-9H2,1H3/t10-,11+/m0/s1. The molecule has 0 bridgehead atoms. The van der Waals surface area contributed by atoms with Gasteiger partial charge in [0, 0.05) is 20.1 Å². The van der Waals surface area contributed by atoms with Crippen LogP contribution >= 0.6 is 0 Å². The summed E-state index contributed by atoms with van der Waals surface area (Å²) >= 11 is 0. The summed E-state index contributed by atoms with van der Waals surface area (Å²) in [5.41, 5.74) is -0.101. The highest BCUT2D eigenvalue weighted by molar-refractivity contribution is 4.98. The van der Waals surface area contributed by atoms with Gasteiger partial charge in [-0.05, 0) is 12.8 Å². The number of allylic oxidation sites excluding steroid dienone is 1. The maximum Gasteiger partial charge on any atom is 0.109 e. The molecule has 0 unspecified atom stereocenters. The van der Waals surface area contributed by atoms with E-state index in [2.05, 4.69) is 12.2 Å². The third-order valence-electron chi connectivity index (χ3n) is 3.18. The third-order valence-corrected chi connectivity index (χ3v) is 3.18. The van der Waals surface area contributed by atoms with Crippen molar-refractivity contribution in [1.29, 1.82) is 0 Å². The van der Waals surface area contributed by atoms with Crippen molar-refractivity contribution in [3.8, 4) is 0 Å². The fourth-order valence-electron chi connectivity index (χ4n) is 2.28. The van der Waals surface area contributed by atoms with Crippen LogP contribution in [0.3, 0.4) is 0 Å². The van der Waals surface area contributed by atoms with Crippen molar-refractivity contribution in [2.75, 3.05) is 26.9 Å². The van der Waals surface area contributed by atoms with Crippen LogP contribution in [0.2, 0.25) is 0 Å². The Balaban J connectivity index is 2.09. The van der Waals surface area contributed by atoms with Gasteiger partial charge < -0.3 is 14.2 Å². The highest BCUT2D eigenvalue weighted by Crippen LogP contribution is 2.33. The summed E-state index contributed by atoms with van der Waals surface area (Å²) in [5.74, 6) is 0. The van der Waals surface area contributed by atoms with Crippen molar-refractivity contribution in [2.45, 2.75) is 31.0 Å². The zero-order valence-electron chi connectivity index (χ0n) is 8.70. The summed E-state index contributed by atoms with van der Waals surface area (Å²) < 4.78 is 16.8. The molecule has 0 aromatic heterocycles. The van der Waals surface area contributed by atoms with Crippen LogP contribution in [0.1, 0.15) is 19.3 Å². The molecule has 2 aliphatic heterocycles. The lowest BCUT2D eigenvalue weighted by Gasteiger charge is -2.42. The van der Waals surface area contributed by atoms with Gasteiger partial charge in [0.15, 0.2) is 0 Å². The van der Waals surface area contributed by atoms with E-state index in [1.165, 1.54) is 0 Å². The molecule has 80 valence electrons. The minimum Gasteiger partial charge on any atom is -0.379 e. The summed E-state index contributed by atoms with van der Waals surface area (Å²) in [7, 11) is 1.74. The number of methoxy groups -OCH3 is 1. The lowest BCUT2D eigenvalue weighted by Crippen LogP contribution is -2.52. The molecule has 0 amide bonds. The minimum atomic E-state index is -0.101. The van der Waals surface area contributed by atoms with Crippen LogP contribution in [0.15, 0.2) is 12.2 Å². The van der Waals surface area contributed by atoms with Gasteiger partial charge >= 0.3 is 0 Å².